The second-order valence-corrected chi connectivity index (χ2v) is 4.97. The number of hydrogen-bond acceptors (Lipinski definition) is 4. The molecule has 0 aliphatic heterocycles. The number of carboxylic acids is 1. The van der Waals surface area contributed by atoms with E-state index >= 15 is 0 Å². The van der Waals surface area contributed by atoms with Crippen LogP contribution in [0.4, 0.5) is 0 Å². The van der Waals surface area contributed by atoms with Gasteiger partial charge >= 0.3 is 5.97 Å². The third kappa shape index (κ3) is 3.32. The van der Waals surface area contributed by atoms with Crippen LogP contribution in [-0.4, -0.2) is 22.6 Å². The number of benzene rings is 1. The first-order valence-electron chi connectivity index (χ1n) is 6.33. The Morgan fingerprint density at radius 3 is 2.95 bits per heavy atom. The zero-order valence-corrected chi connectivity index (χ0v) is 11.1. The maximum Gasteiger partial charge on any atom is 0.308 e. The van der Waals surface area contributed by atoms with Crippen molar-refractivity contribution < 1.29 is 14.3 Å². The van der Waals surface area contributed by atoms with E-state index in [0.717, 1.165) is 16.7 Å². The van der Waals surface area contributed by atoms with Crippen LogP contribution in [0, 0.1) is 11.8 Å². The molecule has 19 heavy (non-hydrogen) atoms. The highest BCUT2D eigenvalue weighted by Gasteiger charge is 2.20. The summed E-state index contributed by atoms with van der Waals surface area (Å²) in [6.07, 6.45) is 1.42. The van der Waals surface area contributed by atoms with Gasteiger partial charge in [0.05, 0.1) is 5.92 Å². The summed E-state index contributed by atoms with van der Waals surface area (Å²) in [7, 11) is 0. The minimum Gasteiger partial charge on any atom is -0.481 e. The highest BCUT2D eigenvalue weighted by atomic mass is 16.4. The number of aromatic nitrogens is 1. The van der Waals surface area contributed by atoms with Crippen molar-refractivity contribution in [2.45, 2.75) is 20.4 Å². The summed E-state index contributed by atoms with van der Waals surface area (Å²) in [5, 5.41) is 12.3. The van der Waals surface area contributed by atoms with Gasteiger partial charge in [0, 0.05) is 13.1 Å². The van der Waals surface area contributed by atoms with E-state index in [-0.39, 0.29) is 11.8 Å². The molecule has 2 rings (SSSR count). The summed E-state index contributed by atoms with van der Waals surface area (Å²) in [4.78, 5) is 15.1. The zero-order chi connectivity index (χ0) is 13.8. The summed E-state index contributed by atoms with van der Waals surface area (Å²) in [5.41, 5.74) is 2.63. The smallest absolute Gasteiger partial charge is 0.308 e. The number of oxazole rings is 1. The van der Waals surface area contributed by atoms with Crippen LogP contribution in [0.1, 0.15) is 19.4 Å². The fourth-order valence-electron chi connectivity index (χ4n) is 1.99. The molecule has 1 atom stereocenters. The molecule has 1 unspecified atom stereocenters. The van der Waals surface area contributed by atoms with E-state index in [9.17, 15) is 4.79 Å². The van der Waals surface area contributed by atoms with Gasteiger partial charge in [0.2, 0.25) is 0 Å². The SMILES string of the molecule is CC(C)C(CNCc1ccc2ncoc2c1)C(=O)O. The maximum absolute atomic E-state index is 11.1. The number of nitrogens with zero attached hydrogens (tertiary/aromatic N) is 1. The fourth-order valence-corrected chi connectivity index (χ4v) is 1.99. The van der Waals surface area contributed by atoms with Crippen molar-refractivity contribution in [1.82, 2.24) is 10.3 Å². The molecule has 0 fully saturated rings. The molecule has 0 bridgehead atoms. The van der Waals surface area contributed by atoms with E-state index in [1.807, 2.05) is 32.0 Å². The second-order valence-electron chi connectivity index (χ2n) is 4.97. The lowest BCUT2D eigenvalue weighted by Gasteiger charge is -2.16. The molecule has 0 saturated carbocycles. The van der Waals surface area contributed by atoms with Gasteiger partial charge in [-0.05, 0) is 23.6 Å². The van der Waals surface area contributed by atoms with E-state index in [1.165, 1.54) is 6.39 Å². The second kappa shape index (κ2) is 5.84. The lowest BCUT2D eigenvalue weighted by atomic mass is 9.96. The molecule has 0 aliphatic rings. The lowest BCUT2D eigenvalue weighted by molar-refractivity contribution is -0.143. The van der Waals surface area contributed by atoms with Gasteiger partial charge in [-0.25, -0.2) is 4.98 Å². The van der Waals surface area contributed by atoms with E-state index in [1.54, 1.807) is 0 Å². The van der Waals surface area contributed by atoms with Crippen LogP contribution in [-0.2, 0) is 11.3 Å². The van der Waals surface area contributed by atoms with Crippen LogP contribution in [0.2, 0.25) is 0 Å². The Labute approximate surface area is 111 Å². The van der Waals surface area contributed by atoms with Crippen molar-refractivity contribution in [3.05, 3.63) is 30.2 Å². The van der Waals surface area contributed by atoms with Crippen molar-refractivity contribution >= 4 is 17.1 Å². The van der Waals surface area contributed by atoms with Crippen molar-refractivity contribution in [3.63, 3.8) is 0 Å². The van der Waals surface area contributed by atoms with Gasteiger partial charge in [0.15, 0.2) is 12.0 Å². The van der Waals surface area contributed by atoms with E-state index in [2.05, 4.69) is 10.3 Å². The third-order valence-electron chi connectivity index (χ3n) is 3.21. The standard InChI is InChI=1S/C14H18N2O3/c1-9(2)11(14(17)18)7-15-6-10-3-4-12-13(5-10)19-8-16-12/h3-5,8-9,11,15H,6-7H2,1-2H3,(H,17,18). The molecule has 1 aromatic carbocycles. The number of hydrogen-bond donors (Lipinski definition) is 2. The zero-order valence-electron chi connectivity index (χ0n) is 11.1. The van der Waals surface area contributed by atoms with Crippen molar-refractivity contribution in [2.24, 2.45) is 11.8 Å². The van der Waals surface area contributed by atoms with Crippen LogP contribution in [0.5, 0.6) is 0 Å². The first-order valence-corrected chi connectivity index (χ1v) is 6.33. The molecular weight excluding hydrogens is 244 g/mol. The van der Waals surface area contributed by atoms with E-state index in [0.29, 0.717) is 13.1 Å². The number of rotatable bonds is 6. The number of carboxylic acid groups (broad SMARTS) is 1. The van der Waals surface area contributed by atoms with Crippen LogP contribution in [0.3, 0.4) is 0 Å². The Morgan fingerprint density at radius 1 is 1.47 bits per heavy atom. The predicted molar refractivity (Wildman–Crippen MR) is 71.7 cm³/mol. The van der Waals surface area contributed by atoms with E-state index < -0.39 is 5.97 Å². The van der Waals surface area contributed by atoms with Gasteiger partial charge in [-0.1, -0.05) is 19.9 Å². The minimum atomic E-state index is -0.756. The fraction of sp³-hybridized carbons (Fsp3) is 0.429. The van der Waals surface area contributed by atoms with E-state index in [4.69, 9.17) is 9.52 Å². The molecule has 5 nitrogen and oxygen atoms in total. The summed E-state index contributed by atoms with van der Waals surface area (Å²) in [6.45, 7) is 4.91. The quantitative estimate of drug-likeness (QED) is 0.835. The molecule has 0 radical (unpaired) electrons. The third-order valence-corrected chi connectivity index (χ3v) is 3.21. The van der Waals surface area contributed by atoms with Gasteiger partial charge in [-0.2, -0.15) is 0 Å². The van der Waals surface area contributed by atoms with Gasteiger partial charge in [0.1, 0.15) is 5.52 Å². The maximum atomic E-state index is 11.1. The Balaban J connectivity index is 1.93. The van der Waals surface area contributed by atoms with Gasteiger partial charge < -0.3 is 14.8 Å². The predicted octanol–water partition coefficient (Wildman–Crippen LogP) is 2.27. The average Bonchev–Trinajstić information content (AvgIpc) is 2.80. The highest BCUT2D eigenvalue weighted by molar-refractivity contribution is 5.72. The molecule has 0 aliphatic carbocycles. The monoisotopic (exact) mass is 262 g/mol. The van der Waals surface area contributed by atoms with Crippen LogP contribution < -0.4 is 5.32 Å². The molecule has 5 heteroatoms. The molecule has 1 aromatic heterocycles. The number of fused-ring (bicyclic) bond motifs is 1. The Bertz CT molecular complexity index is 563. The molecular formula is C14H18N2O3. The van der Waals surface area contributed by atoms with Gasteiger partial charge in [-0.3, -0.25) is 4.79 Å². The molecule has 0 saturated heterocycles. The molecule has 0 spiro atoms. The first kappa shape index (κ1) is 13.5. The van der Waals surface area contributed by atoms with Crippen molar-refractivity contribution in [2.75, 3.05) is 6.54 Å². The first-order chi connectivity index (χ1) is 9.08. The Hall–Kier alpha value is -1.88. The normalized spacial score (nSPS) is 13.0. The Morgan fingerprint density at radius 2 is 2.26 bits per heavy atom. The van der Waals surface area contributed by atoms with Gasteiger partial charge in [0.25, 0.3) is 0 Å². The molecule has 2 N–H and O–H groups in total. The highest BCUT2D eigenvalue weighted by Crippen LogP contribution is 2.14. The van der Waals surface area contributed by atoms with Crippen molar-refractivity contribution in [1.29, 1.82) is 0 Å². The summed E-state index contributed by atoms with van der Waals surface area (Å²) >= 11 is 0. The minimum absolute atomic E-state index is 0.113. The summed E-state index contributed by atoms with van der Waals surface area (Å²) in [6, 6.07) is 5.77. The summed E-state index contributed by atoms with van der Waals surface area (Å²) < 4.78 is 5.23. The number of aliphatic carboxylic acids is 1. The summed E-state index contributed by atoms with van der Waals surface area (Å²) in [5.74, 6) is -1.01. The number of carbonyl (C=O) groups is 1. The average molecular weight is 262 g/mol. The molecule has 2 aromatic rings. The number of nitrogens with one attached hydrogen (secondary N) is 1. The Kier molecular flexibility index (Phi) is 4.16. The molecule has 1 heterocycles. The van der Waals surface area contributed by atoms with Crippen LogP contribution >= 0.6 is 0 Å². The van der Waals surface area contributed by atoms with Crippen LogP contribution in [0.15, 0.2) is 29.0 Å². The topological polar surface area (TPSA) is 75.4 Å². The van der Waals surface area contributed by atoms with Crippen LogP contribution in [0.25, 0.3) is 11.1 Å². The van der Waals surface area contributed by atoms with Gasteiger partial charge in [-0.15, -0.1) is 0 Å². The lowest BCUT2D eigenvalue weighted by Crippen LogP contribution is -2.31. The largest absolute Gasteiger partial charge is 0.481 e. The molecule has 102 valence electrons. The molecule has 0 amide bonds. The van der Waals surface area contributed by atoms with Crippen molar-refractivity contribution in [3.8, 4) is 0 Å².